The average Bonchev–Trinajstić information content (AvgIpc) is 2.70. The number of hydrogen-bond donors (Lipinski definition) is 1. The first kappa shape index (κ1) is 12.2. The Kier molecular flexibility index (Phi) is 3.10. The zero-order valence-corrected chi connectivity index (χ0v) is 9.65. The zero-order chi connectivity index (χ0) is 13.3. The van der Waals surface area contributed by atoms with Crippen LogP contribution >= 0.6 is 0 Å². The van der Waals surface area contributed by atoms with Gasteiger partial charge in [0.25, 0.3) is 0 Å². The number of benzene rings is 1. The fourth-order valence-corrected chi connectivity index (χ4v) is 1.61. The van der Waals surface area contributed by atoms with E-state index in [2.05, 4.69) is 5.10 Å². The Balaban J connectivity index is 2.52. The maximum absolute atomic E-state index is 13.6. The third-order valence-corrected chi connectivity index (χ3v) is 2.57. The molecule has 18 heavy (non-hydrogen) atoms. The number of nitrogen functional groups attached to an aromatic ring is 1. The number of aromatic nitrogens is 2. The first-order valence-electron chi connectivity index (χ1n) is 5.36. The molecule has 94 valence electrons. The van der Waals surface area contributed by atoms with Gasteiger partial charge in [-0.25, -0.2) is 13.5 Å². The van der Waals surface area contributed by atoms with Gasteiger partial charge in [0, 0.05) is 12.5 Å². The minimum Gasteiger partial charge on any atom is -0.383 e. The number of rotatable bonds is 3. The summed E-state index contributed by atoms with van der Waals surface area (Å²) in [6, 6.07) is 3.05. The Morgan fingerprint density at radius 1 is 1.44 bits per heavy atom. The molecule has 6 heteroatoms. The molecule has 0 aliphatic heterocycles. The molecule has 0 amide bonds. The van der Waals surface area contributed by atoms with Crippen LogP contribution in [0.5, 0.6) is 0 Å². The summed E-state index contributed by atoms with van der Waals surface area (Å²) in [5.41, 5.74) is 5.98. The minimum atomic E-state index is -0.791. The minimum absolute atomic E-state index is 0.00375. The lowest BCUT2D eigenvalue weighted by molar-refractivity contribution is 0.0989. The molecule has 0 atom stereocenters. The van der Waals surface area contributed by atoms with Crippen molar-refractivity contribution in [2.24, 2.45) is 0 Å². The van der Waals surface area contributed by atoms with E-state index in [1.807, 2.05) is 0 Å². The van der Waals surface area contributed by atoms with Gasteiger partial charge in [0.1, 0.15) is 17.3 Å². The van der Waals surface area contributed by atoms with Crippen molar-refractivity contribution in [1.82, 2.24) is 9.78 Å². The van der Waals surface area contributed by atoms with Gasteiger partial charge in [-0.1, -0.05) is 6.92 Å². The number of anilines is 1. The number of carbonyl (C=O) groups is 1. The monoisotopic (exact) mass is 251 g/mol. The van der Waals surface area contributed by atoms with Crippen LogP contribution in [-0.2, 0) is 0 Å². The highest BCUT2D eigenvalue weighted by Gasteiger charge is 2.16. The quantitative estimate of drug-likeness (QED) is 0.851. The number of hydrogen-bond acceptors (Lipinski definition) is 3. The molecule has 0 saturated heterocycles. The lowest BCUT2D eigenvalue weighted by atomic mass is 10.2. The van der Waals surface area contributed by atoms with E-state index in [0.717, 1.165) is 16.8 Å². The van der Waals surface area contributed by atoms with Gasteiger partial charge in [-0.2, -0.15) is 5.10 Å². The second-order valence-electron chi connectivity index (χ2n) is 3.73. The van der Waals surface area contributed by atoms with E-state index >= 15 is 0 Å². The van der Waals surface area contributed by atoms with Crippen LogP contribution in [0.25, 0.3) is 5.69 Å². The summed E-state index contributed by atoms with van der Waals surface area (Å²) in [6.07, 6.45) is 1.56. The molecule has 0 saturated carbocycles. The van der Waals surface area contributed by atoms with Crippen LogP contribution in [0.1, 0.15) is 23.7 Å². The van der Waals surface area contributed by atoms with E-state index in [4.69, 9.17) is 5.73 Å². The number of halogens is 2. The third-order valence-electron chi connectivity index (χ3n) is 2.57. The normalized spacial score (nSPS) is 10.6. The number of nitrogens with two attached hydrogens (primary N) is 1. The van der Waals surface area contributed by atoms with E-state index in [9.17, 15) is 13.6 Å². The molecular formula is C12H11F2N3O. The Morgan fingerprint density at radius 3 is 2.78 bits per heavy atom. The van der Waals surface area contributed by atoms with Crippen LogP contribution in [0.3, 0.4) is 0 Å². The number of Topliss-reactive ketones (excluding diaryl/α,β-unsaturated/α-hetero) is 1. The van der Waals surface area contributed by atoms with Gasteiger partial charge in [0.2, 0.25) is 0 Å². The van der Waals surface area contributed by atoms with Crippen LogP contribution in [0.4, 0.5) is 14.6 Å². The highest BCUT2D eigenvalue weighted by atomic mass is 19.1. The molecule has 0 spiro atoms. The largest absolute Gasteiger partial charge is 0.383 e. The maximum atomic E-state index is 13.6. The van der Waals surface area contributed by atoms with Crippen LogP contribution in [0, 0.1) is 11.6 Å². The Morgan fingerprint density at radius 2 is 2.17 bits per heavy atom. The summed E-state index contributed by atoms with van der Waals surface area (Å²) in [4.78, 5) is 11.5. The zero-order valence-electron chi connectivity index (χ0n) is 9.65. The summed E-state index contributed by atoms with van der Waals surface area (Å²) < 4.78 is 27.4. The van der Waals surface area contributed by atoms with E-state index in [1.54, 1.807) is 6.92 Å². The molecule has 0 aliphatic carbocycles. The van der Waals surface area contributed by atoms with Crippen molar-refractivity contribution in [3.8, 4) is 5.69 Å². The molecule has 0 bridgehead atoms. The molecule has 1 aromatic carbocycles. The third kappa shape index (κ3) is 1.97. The second-order valence-corrected chi connectivity index (χ2v) is 3.73. The molecule has 0 radical (unpaired) electrons. The lowest BCUT2D eigenvalue weighted by Gasteiger charge is -2.06. The van der Waals surface area contributed by atoms with Crippen LogP contribution < -0.4 is 5.73 Å². The average molecular weight is 251 g/mol. The van der Waals surface area contributed by atoms with E-state index in [1.165, 1.54) is 12.3 Å². The van der Waals surface area contributed by atoms with Gasteiger partial charge in [0.05, 0.1) is 11.8 Å². The molecule has 0 unspecified atom stereocenters. The highest BCUT2D eigenvalue weighted by Crippen LogP contribution is 2.21. The smallest absolute Gasteiger partial charge is 0.167 e. The van der Waals surface area contributed by atoms with Crippen molar-refractivity contribution in [3.63, 3.8) is 0 Å². The SMILES string of the molecule is CCC(=O)c1cnn(-c2ccc(F)cc2F)c1N. The summed E-state index contributed by atoms with van der Waals surface area (Å²) in [5, 5.41) is 3.85. The molecular weight excluding hydrogens is 240 g/mol. The van der Waals surface area contributed by atoms with Crippen LogP contribution in [-0.4, -0.2) is 15.6 Å². The van der Waals surface area contributed by atoms with Gasteiger partial charge < -0.3 is 5.73 Å². The molecule has 0 fully saturated rings. The number of nitrogens with zero attached hydrogens (tertiary/aromatic N) is 2. The van der Waals surface area contributed by atoms with E-state index in [0.29, 0.717) is 0 Å². The van der Waals surface area contributed by atoms with Crippen molar-refractivity contribution in [1.29, 1.82) is 0 Å². The predicted octanol–water partition coefficient (Wildman–Crippen LogP) is 2.33. The van der Waals surface area contributed by atoms with Crippen molar-refractivity contribution in [2.75, 3.05) is 5.73 Å². The Labute approximate surface area is 102 Å². The summed E-state index contributed by atoms with van der Waals surface area (Å²) in [6.45, 7) is 1.69. The Bertz CT molecular complexity index is 607. The number of carbonyl (C=O) groups excluding carboxylic acids is 1. The van der Waals surface area contributed by atoms with Crippen molar-refractivity contribution in [3.05, 3.63) is 41.6 Å². The molecule has 2 N–H and O–H groups in total. The van der Waals surface area contributed by atoms with Gasteiger partial charge in [0.15, 0.2) is 11.6 Å². The van der Waals surface area contributed by atoms with Gasteiger partial charge >= 0.3 is 0 Å². The van der Waals surface area contributed by atoms with Crippen molar-refractivity contribution in [2.45, 2.75) is 13.3 Å². The van der Waals surface area contributed by atoms with E-state index in [-0.39, 0.29) is 29.3 Å². The highest BCUT2D eigenvalue weighted by molar-refractivity contribution is 5.99. The van der Waals surface area contributed by atoms with Crippen molar-refractivity contribution < 1.29 is 13.6 Å². The van der Waals surface area contributed by atoms with Gasteiger partial charge in [-0.3, -0.25) is 4.79 Å². The number of ketones is 1. The van der Waals surface area contributed by atoms with Crippen LogP contribution in [0.2, 0.25) is 0 Å². The maximum Gasteiger partial charge on any atom is 0.167 e. The summed E-state index contributed by atoms with van der Waals surface area (Å²) in [7, 11) is 0. The summed E-state index contributed by atoms with van der Waals surface area (Å²) in [5.74, 6) is -1.61. The van der Waals surface area contributed by atoms with E-state index < -0.39 is 11.6 Å². The molecule has 2 rings (SSSR count). The summed E-state index contributed by atoms with van der Waals surface area (Å²) >= 11 is 0. The fourth-order valence-electron chi connectivity index (χ4n) is 1.61. The molecule has 2 aromatic rings. The Hall–Kier alpha value is -2.24. The van der Waals surface area contributed by atoms with Crippen LogP contribution in [0.15, 0.2) is 24.4 Å². The fraction of sp³-hybridized carbons (Fsp3) is 0.167. The van der Waals surface area contributed by atoms with Crippen molar-refractivity contribution >= 4 is 11.6 Å². The molecule has 0 aliphatic rings. The molecule has 1 heterocycles. The second kappa shape index (κ2) is 4.56. The molecule has 4 nitrogen and oxygen atoms in total. The van der Waals surface area contributed by atoms with Gasteiger partial charge in [-0.15, -0.1) is 0 Å². The first-order chi connectivity index (χ1) is 8.54. The predicted molar refractivity (Wildman–Crippen MR) is 62.5 cm³/mol. The molecule has 1 aromatic heterocycles. The topological polar surface area (TPSA) is 60.9 Å². The lowest BCUT2D eigenvalue weighted by Crippen LogP contribution is -2.07. The van der Waals surface area contributed by atoms with Gasteiger partial charge in [-0.05, 0) is 12.1 Å². The first-order valence-corrected chi connectivity index (χ1v) is 5.36. The standard InChI is InChI=1S/C12H11F2N3O/c1-2-11(18)8-6-16-17(12(8)15)10-4-3-7(13)5-9(10)14/h3-6H,2,15H2,1H3.